The van der Waals surface area contributed by atoms with Gasteiger partial charge in [0.15, 0.2) is 11.5 Å². The van der Waals surface area contributed by atoms with Gasteiger partial charge in [-0.3, -0.25) is 14.5 Å². The Hall–Kier alpha value is -2.58. The lowest BCUT2D eigenvalue weighted by Gasteiger charge is -2.20. The standard InChI is InChI=1S/C17H19N3O4S/c1-2-20(8-11-3-4-13-14(7-11)24-10-23-13)9-15(21)19-17-12(16(18)22)5-6-25-17/h3-7H,2,8-10H2,1H3,(H2,18,22)(H,19,21). The van der Waals surface area contributed by atoms with Crippen LogP contribution in [0.4, 0.5) is 5.00 Å². The van der Waals surface area contributed by atoms with Crippen molar-refractivity contribution in [3.63, 3.8) is 0 Å². The highest BCUT2D eigenvalue weighted by Gasteiger charge is 2.17. The van der Waals surface area contributed by atoms with Crippen LogP contribution in [0.15, 0.2) is 29.6 Å². The Balaban J connectivity index is 1.60. The van der Waals surface area contributed by atoms with Gasteiger partial charge in [-0.25, -0.2) is 0 Å². The van der Waals surface area contributed by atoms with Crippen molar-refractivity contribution in [3.05, 3.63) is 40.8 Å². The highest BCUT2D eigenvalue weighted by molar-refractivity contribution is 7.14. The maximum atomic E-state index is 12.3. The van der Waals surface area contributed by atoms with E-state index >= 15 is 0 Å². The Labute approximate surface area is 149 Å². The zero-order chi connectivity index (χ0) is 17.8. The van der Waals surface area contributed by atoms with E-state index in [0.29, 0.717) is 23.7 Å². The lowest BCUT2D eigenvalue weighted by molar-refractivity contribution is -0.117. The van der Waals surface area contributed by atoms with Gasteiger partial charge < -0.3 is 20.5 Å². The second-order valence-corrected chi connectivity index (χ2v) is 6.48. The molecule has 1 aromatic carbocycles. The lowest BCUT2D eigenvalue weighted by Crippen LogP contribution is -2.33. The summed E-state index contributed by atoms with van der Waals surface area (Å²) in [5.41, 5.74) is 6.66. The first-order valence-electron chi connectivity index (χ1n) is 7.85. The summed E-state index contributed by atoms with van der Waals surface area (Å²) in [6, 6.07) is 7.36. The summed E-state index contributed by atoms with van der Waals surface area (Å²) in [4.78, 5) is 25.6. The molecule has 2 amide bonds. The summed E-state index contributed by atoms with van der Waals surface area (Å²) < 4.78 is 10.7. The highest BCUT2D eigenvalue weighted by atomic mass is 32.1. The van der Waals surface area contributed by atoms with Gasteiger partial charge in [-0.15, -0.1) is 11.3 Å². The van der Waals surface area contributed by atoms with Crippen LogP contribution < -0.4 is 20.5 Å². The van der Waals surface area contributed by atoms with E-state index in [-0.39, 0.29) is 19.2 Å². The van der Waals surface area contributed by atoms with Gasteiger partial charge in [-0.05, 0) is 35.7 Å². The van der Waals surface area contributed by atoms with Crippen molar-refractivity contribution in [2.24, 2.45) is 5.73 Å². The molecule has 0 saturated heterocycles. The van der Waals surface area contributed by atoms with E-state index in [1.54, 1.807) is 11.4 Å². The molecule has 8 heteroatoms. The zero-order valence-corrected chi connectivity index (χ0v) is 14.6. The number of likely N-dealkylation sites (N-methyl/N-ethyl adjacent to an activating group) is 1. The Morgan fingerprint density at radius 1 is 1.28 bits per heavy atom. The second kappa shape index (κ2) is 7.54. The molecule has 3 rings (SSSR count). The molecule has 3 N–H and O–H groups in total. The van der Waals surface area contributed by atoms with E-state index in [1.165, 1.54) is 11.3 Å². The number of carbonyl (C=O) groups is 2. The Morgan fingerprint density at radius 3 is 2.84 bits per heavy atom. The molecule has 25 heavy (non-hydrogen) atoms. The molecule has 7 nitrogen and oxygen atoms in total. The smallest absolute Gasteiger partial charge is 0.251 e. The van der Waals surface area contributed by atoms with Gasteiger partial charge in [0.25, 0.3) is 5.91 Å². The fourth-order valence-corrected chi connectivity index (χ4v) is 3.35. The topological polar surface area (TPSA) is 93.9 Å². The van der Waals surface area contributed by atoms with Gasteiger partial charge in [-0.1, -0.05) is 13.0 Å². The monoisotopic (exact) mass is 361 g/mol. The molecule has 1 aliphatic heterocycles. The number of benzene rings is 1. The van der Waals surface area contributed by atoms with Gasteiger partial charge in [0.1, 0.15) is 5.00 Å². The number of nitrogens with two attached hydrogens (primary N) is 1. The van der Waals surface area contributed by atoms with Gasteiger partial charge in [-0.2, -0.15) is 0 Å². The summed E-state index contributed by atoms with van der Waals surface area (Å²) in [5, 5.41) is 4.96. The third-order valence-corrected chi connectivity index (χ3v) is 4.67. The fraction of sp³-hybridized carbons (Fsp3) is 0.294. The van der Waals surface area contributed by atoms with Crippen molar-refractivity contribution in [2.45, 2.75) is 13.5 Å². The normalized spacial score (nSPS) is 12.4. The maximum absolute atomic E-state index is 12.3. The van der Waals surface area contributed by atoms with Crippen molar-refractivity contribution in [1.29, 1.82) is 0 Å². The molecule has 132 valence electrons. The van der Waals surface area contributed by atoms with Crippen LogP contribution in [-0.2, 0) is 11.3 Å². The van der Waals surface area contributed by atoms with Crippen LogP contribution in [0.2, 0.25) is 0 Å². The fourth-order valence-electron chi connectivity index (χ4n) is 2.55. The number of hydrogen-bond donors (Lipinski definition) is 2. The molecule has 0 saturated carbocycles. The van der Waals surface area contributed by atoms with E-state index in [1.807, 2.05) is 30.0 Å². The number of fused-ring (bicyclic) bond motifs is 1. The second-order valence-electron chi connectivity index (χ2n) is 5.57. The third-order valence-electron chi connectivity index (χ3n) is 3.84. The number of ether oxygens (including phenoxy) is 2. The van der Waals surface area contributed by atoms with Crippen LogP contribution in [0.1, 0.15) is 22.8 Å². The van der Waals surface area contributed by atoms with Crippen LogP contribution >= 0.6 is 11.3 Å². The number of hydrogen-bond acceptors (Lipinski definition) is 6. The minimum absolute atomic E-state index is 0.187. The average Bonchev–Trinajstić information content (AvgIpc) is 3.22. The van der Waals surface area contributed by atoms with Crippen molar-refractivity contribution < 1.29 is 19.1 Å². The number of thiophene rings is 1. The number of amides is 2. The van der Waals surface area contributed by atoms with Gasteiger partial charge in [0.2, 0.25) is 12.7 Å². The molecule has 0 fully saturated rings. The molecule has 2 heterocycles. The highest BCUT2D eigenvalue weighted by Crippen LogP contribution is 2.32. The van der Waals surface area contributed by atoms with Crippen molar-refractivity contribution in [3.8, 4) is 11.5 Å². The minimum Gasteiger partial charge on any atom is -0.454 e. The third kappa shape index (κ3) is 4.09. The first kappa shape index (κ1) is 17.2. The Morgan fingerprint density at radius 2 is 2.08 bits per heavy atom. The largest absolute Gasteiger partial charge is 0.454 e. The molecule has 0 spiro atoms. The number of carbonyl (C=O) groups excluding carboxylic acids is 2. The van der Waals surface area contributed by atoms with E-state index in [4.69, 9.17) is 15.2 Å². The molecule has 2 aromatic rings. The summed E-state index contributed by atoms with van der Waals surface area (Å²) in [7, 11) is 0. The van der Waals surface area contributed by atoms with Gasteiger partial charge >= 0.3 is 0 Å². The number of nitrogens with one attached hydrogen (secondary N) is 1. The Kier molecular flexibility index (Phi) is 5.20. The molecular weight excluding hydrogens is 342 g/mol. The maximum Gasteiger partial charge on any atom is 0.251 e. The number of anilines is 1. The van der Waals surface area contributed by atoms with E-state index in [9.17, 15) is 9.59 Å². The lowest BCUT2D eigenvalue weighted by atomic mass is 10.2. The van der Waals surface area contributed by atoms with Gasteiger partial charge in [0, 0.05) is 6.54 Å². The number of primary amides is 1. The summed E-state index contributed by atoms with van der Waals surface area (Å²) in [6.45, 7) is 3.74. The number of nitrogens with zero attached hydrogens (tertiary/aromatic N) is 1. The first-order chi connectivity index (χ1) is 12.1. The van der Waals surface area contributed by atoms with Crippen LogP contribution in [0, 0.1) is 0 Å². The average molecular weight is 361 g/mol. The number of rotatable bonds is 7. The van der Waals surface area contributed by atoms with Crippen LogP contribution in [0.5, 0.6) is 11.5 Å². The summed E-state index contributed by atoms with van der Waals surface area (Å²) in [5.74, 6) is 0.723. The van der Waals surface area contributed by atoms with Crippen LogP contribution in [0.25, 0.3) is 0 Å². The molecule has 0 aliphatic carbocycles. The molecule has 1 aromatic heterocycles. The molecule has 1 aliphatic rings. The molecular formula is C17H19N3O4S. The first-order valence-corrected chi connectivity index (χ1v) is 8.72. The minimum atomic E-state index is -0.552. The predicted molar refractivity (Wildman–Crippen MR) is 95.0 cm³/mol. The van der Waals surface area contributed by atoms with E-state index in [2.05, 4.69) is 5.32 Å². The van der Waals surface area contributed by atoms with Crippen LogP contribution in [0.3, 0.4) is 0 Å². The molecule has 0 unspecified atom stereocenters. The van der Waals surface area contributed by atoms with Crippen molar-refractivity contribution >= 4 is 28.2 Å². The van der Waals surface area contributed by atoms with Crippen molar-refractivity contribution in [1.82, 2.24) is 4.90 Å². The quantitative estimate of drug-likeness (QED) is 0.787. The van der Waals surface area contributed by atoms with Gasteiger partial charge in [0.05, 0.1) is 12.1 Å². The molecule has 0 radical (unpaired) electrons. The SMILES string of the molecule is CCN(CC(=O)Nc1sccc1C(N)=O)Cc1ccc2c(c1)OCO2. The van der Waals surface area contributed by atoms with E-state index in [0.717, 1.165) is 17.1 Å². The van der Waals surface area contributed by atoms with Crippen LogP contribution in [-0.4, -0.2) is 36.6 Å². The summed E-state index contributed by atoms with van der Waals surface area (Å²) >= 11 is 1.28. The molecule has 0 atom stereocenters. The predicted octanol–water partition coefficient (Wildman–Crippen LogP) is 2.04. The zero-order valence-electron chi connectivity index (χ0n) is 13.8. The Bertz CT molecular complexity index is 790. The van der Waals surface area contributed by atoms with Crippen molar-refractivity contribution in [2.75, 3.05) is 25.2 Å². The van der Waals surface area contributed by atoms with E-state index < -0.39 is 5.91 Å². The summed E-state index contributed by atoms with van der Waals surface area (Å²) in [6.07, 6.45) is 0. The molecule has 0 bridgehead atoms.